The molecule has 5 heteroatoms. The first-order valence-corrected chi connectivity index (χ1v) is 6.33. The number of hydrogen-bond donors (Lipinski definition) is 1. The lowest BCUT2D eigenvalue weighted by Crippen LogP contribution is -2.28. The van der Waals surface area contributed by atoms with Crippen molar-refractivity contribution in [1.29, 1.82) is 0 Å². The Labute approximate surface area is 104 Å². The van der Waals surface area contributed by atoms with Crippen molar-refractivity contribution >= 4 is 23.4 Å². The largest absolute Gasteiger partial charge is 0.314 e. The van der Waals surface area contributed by atoms with Crippen LogP contribution in [0.2, 0.25) is 5.02 Å². The fourth-order valence-corrected chi connectivity index (χ4v) is 2.34. The van der Waals surface area contributed by atoms with Gasteiger partial charge in [0.05, 0.1) is 11.6 Å². The summed E-state index contributed by atoms with van der Waals surface area (Å²) >= 11 is 7.48. The van der Waals surface area contributed by atoms with E-state index in [1.165, 1.54) is 19.2 Å². The average Bonchev–Trinajstić information content (AvgIpc) is 2.21. The number of nitrogens with one attached hydrogen (secondary N) is 1. The molecule has 0 bridgehead atoms. The van der Waals surface area contributed by atoms with Crippen LogP contribution in [0.4, 0.5) is 8.78 Å². The molecule has 0 aliphatic carbocycles. The molecule has 1 rings (SSSR count). The Kier molecular flexibility index (Phi) is 5.02. The lowest BCUT2D eigenvalue weighted by Gasteiger charge is -2.17. The van der Waals surface area contributed by atoms with E-state index in [2.05, 4.69) is 5.32 Å². The van der Waals surface area contributed by atoms with Gasteiger partial charge in [0.15, 0.2) is 0 Å². The fraction of sp³-hybridized carbons (Fsp3) is 0.455. The van der Waals surface area contributed by atoms with Crippen LogP contribution in [0, 0.1) is 0 Å². The lowest BCUT2D eigenvalue weighted by molar-refractivity contribution is -0.00129. The van der Waals surface area contributed by atoms with Crippen molar-refractivity contribution in [2.45, 2.75) is 17.7 Å². The molecule has 1 nitrogen and oxygen atoms in total. The fourth-order valence-electron chi connectivity index (χ4n) is 1.32. The van der Waals surface area contributed by atoms with E-state index in [0.29, 0.717) is 5.02 Å². The highest BCUT2D eigenvalue weighted by Crippen LogP contribution is 2.33. The van der Waals surface area contributed by atoms with Gasteiger partial charge in [-0.1, -0.05) is 24.6 Å². The van der Waals surface area contributed by atoms with E-state index in [-0.39, 0.29) is 12.1 Å². The van der Waals surface area contributed by atoms with Gasteiger partial charge in [0, 0.05) is 10.5 Å². The summed E-state index contributed by atoms with van der Waals surface area (Å²) in [5, 5.41) is 2.86. The smallest absolute Gasteiger partial charge is 0.285 e. The standard InChI is InChI=1S/C11H14ClF2NS/c1-3-16-10-5-4-8(6-9(10)12)11(13,14)7-15-2/h4-6,15H,3,7H2,1-2H3. The Balaban J connectivity index is 2.96. The Morgan fingerprint density at radius 1 is 1.44 bits per heavy atom. The van der Waals surface area contributed by atoms with E-state index in [4.69, 9.17) is 11.6 Å². The molecule has 0 radical (unpaired) electrons. The van der Waals surface area contributed by atoms with Crippen LogP contribution in [0.15, 0.2) is 23.1 Å². The summed E-state index contributed by atoms with van der Waals surface area (Å²) in [4.78, 5) is 0.841. The summed E-state index contributed by atoms with van der Waals surface area (Å²) in [7, 11) is 1.50. The zero-order chi connectivity index (χ0) is 12.2. The molecule has 16 heavy (non-hydrogen) atoms. The maximum absolute atomic E-state index is 13.5. The first kappa shape index (κ1) is 13.7. The van der Waals surface area contributed by atoms with Crippen LogP contribution in [0.1, 0.15) is 12.5 Å². The van der Waals surface area contributed by atoms with Gasteiger partial charge in [0.25, 0.3) is 5.92 Å². The second-order valence-electron chi connectivity index (χ2n) is 3.31. The van der Waals surface area contributed by atoms with Gasteiger partial charge in [0.1, 0.15) is 0 Å². The van der Waals surface area contributed by atoms with E-state index < -0.39 is 5.92 Å². The minimum atomic E-state index is -2.88. The van der Waals surface area contributed by atoms with Gasteiger partial charge in [-0.25, -0.2) is 0 Å². The molecule has 0 fully saturated rings. The zero-order valence-electron chi connectivity index (χ0n) is 9.19. The predicted molar refractivity (Wildman–Crippen MR) is 65.7 cm³/mol. The molecule has 0 spiro atoms. The van der Waals surface area contributed by atoms with Crippen molar-refractivity contribution in [3.63, 3.8) is 0 Å². The Morgan fingerprint density at radius 3 is 2.62 bits per heavy atom. The van der Waals surface area contributed by atoms with E-state index >= 15 is 0 Å². The highest BCUT2D eigenvalue weighted by atomic mass is 35.5. The normalized spacial score (nSPS) is 11.8. The van der Waals surface area contributed by atoms with E-state index in [0.717, 1.165) is 10.6 Å². The number of rotatable bonds is 5. The monoisotopic (exact) mass is 265 g/mol. The van der Waals surface area contributed by atoms with Gasteiger partial charge in [-0.05, 0) is 24.9 Å². The quantitative estimate of drug-likeness (QED) is 0.814. The van der Waals surface area contributed by atoms with Gasteiger partial charge in [-0.2, -0.15) is 8.78 Å². The maximum Gasteiger partial charge on any atom is 0.285 e. The SMILES string of the molecule is CCSc1ccc(C(F)(F)CNC)cc1Cl. The molecule has 0 aliphatic heterocycles. The predicted octanol–water partition coefficient (Wildman–Crippen LogP) is 3.76. The first-order valence-electron chi connectivity index (χ1n) is 4.96. The van der Waals surface area contributed by atoms with Crippen LogP contribution < -0.4 is 5.32 Å². The molecule has 90 valence electrons. The number of halogens is 3. The Hall–Kier alpha value is -0.320. The summed E-state index contributed by atoms with van der Waals surface area (Å²) in [5.41, 5.74) is -0.0488. The van der Waals surface area contributed by atoms with Crippen molar-refractivity contribution < 1.29 is 8.78 Å². The minimum Gasteiger partial charge on any atom is -0.314 e. The van der Waals surface area contributed by atoms with Crippen LogP contribution in [-0.4, -0.2) is 19.3 Å². The highest BCUT2D eigenvalue weighted by molar-refractivity contribution is 7.99. The van der Waals surface area contributed by atoms with Crippen LogP contribution in [-0.2, 0) is 5.92 Å². The summed E-state index contributed by atoms with van der Waals surface area (Å²) in [6, 6.07) is 4.42. The van der Waals surface area contributed by atoms with Crippen molar-refractivity contribution in [3.8, 4) is 0 Å². The molecule has 0 heterocycles. The number of thioether (sulfide) groups is 1. The molecule has 0 aromatic heterocycles. The van der Waals surface area contributed by atoms with Crippen LogP contribution >= 0.6 is 23.4 Å². The minimum absolute atomic E-state index is 0.0488. The first-order chi connectivity index (χ1) is 7.51. The third-order valence-corrected chi connectivity index (χ3v) is 3.43. The maximum atomic E-state index is 13.5. The molecular formula is C11H14ClF2NS. The van der Waals surface area contributed by atoms with E-state index in [1.54, 1.807) is 17.8 Å². The third-order valence-electron chi connectivity index (χ3n) is 2.05. The van der Waals surface area contributed by atoms with Crippen LogP contribution in [0.3, 0.4) is 0 Å². The topological polar surface area (TPSA) is 12.0 Å². The molecule has 1 aromatic rings. The second-order valence-corrected chi connectivity index (χ2v) is 5.03. The molecule has 1 aromatic carbocycles. The Bertz CT molecular complexity index is 358. The zero-order valence-corrected chi connectivity index (χ0v) is 10.8. The van der Waals surface area contributed by atoms with Crippen molar-refractivity contribution in [2.75, 3.05) is 19.3 Å². The van der Waals surface area contributed by atoms with Crippen LogP contribution in [0.25, 0.3) is 0 Å². The van der Waals surface area contributed by atoms with Gasteiger partial charge >= 0.3 is 0 Å². The third kappa shape index (κ3) is 3.34. The lowest BCUT2D eigenvalue weighted by atomic mass is 10.1. The summed E-state index contributed by atoms with van der Waals surface area (Å²) in [6.45, 7) is 1.61. The van der Waals surface area contributed by atoms with Gasteiger partial charge in [0.2, 0.25) is 0 Å². The molecule has 0 aliphatic rings. The molecule has 0 atom stereocenters. The number of hydrogen-bond acceptors (Lipinski definition) is 2. The van der Waals surface area contributed by atoms with E-state index in [1.807, 2.05) is 6.92 Å². The van der Waals surface area contributed by atoms with Gasteiger partial charge in [-0.15, -0.1) is 11.8 Å². The van der Waals surface area contributed by atoms with Crippen molar-refractivity contribution in [3.05, 3.63) is 28.8 Å². The Morgan fingerprint density at radius 2 is 2.12 bits per heavy atom. The highest BCUT2D eigenvalue weighted by Gasteiger charge is 2.30. The van der Waals surface area contributed by atoms with Gasteiger partial charge < -0.3 is 5.32 Å². The van der Waals surface area contributed by atoms with Crippen molar-refractivity contribution in [2.24, 2.45) is 0 Å². The summed E-state index contributed by atoms with van der Waals surface area (Å²) in [6.07, 6.45) is 0. The number of alkyl halides is 2. The molecule has 0 saturated carbocycles. The molecular weight excluding hydrogens is 252 g/mol. The average molecular weight is 266 g/mol. The number of benzene rings is 1. The summed E-state index contributed by atoms with van der Waals surface area (Å²) < 4.78 is 27.1. The van der Waals surface area contributed by atoms with Crippen LogP contribution in [0.5, 0.6) is 0 Å². The molecule has 0 saturated heterocycles. The molecule has 1 N–H and O–H groups in total. The second kappa shape index (κ2) is 5.84. The van der Waals surface area contributed by atoms with E-state index in [9.17, 15) is 8.78 Å². The number of likely N-dealkylation sites (N-methyl/N-ethyl adjacent to an activating group) is 1. The molecule has 0 unspecified atom stereocenters. The van der Waals surface area contributed by atoms with Crippen molar-refractivity contribution in [1.82, 2.24) is 5.32 Å². The molecule has 0 amide bonds. The summed E-state index contributed by atoms with van der Waals surface area (Å²) in [5.74, 6) is -2.01. The van der Waals surface area contributed by atoms with Gasteiger partial charge in [-0.3, -0.25) is 0 Å².